The molecule has 0 fully saturated rings. The van der Waals surface area contributed by atoms with Gasteiger partial charge in [0.2, 0.25) is 0 Å². The van der Waals surface area contributed by atoms with E-state index in [1.807, 2.05) is 5.92 Å². The lowest BCUT2D eigenvalue weighted by Crippen LogP contribution is -1.98. The van der Waals surface area contributed by atoms with Crippen molar-refractivity contribution in [3.05, 3.63) is 0 Å². The molecule has 0 aromatic carbocycles. The van der Waals surface area contributed by atoms with Gasteiger partial charge in [-0.3, -0.25) is 8.37 Å². The van der Waals surface area contributed by atoms with Crippen molar-refractivity contribution in [2.24, 2.45) is 4.13 Å². The van der Waals surface area contributed by atoms with Gasteiger partial charge in [0, 0.05) is 0 Å². The molecular formula is C4H6F2NO3PS. The van der Waals surface area contributed by atoms with E-state index in [1.165, 1.54) is 0 Å². The highest BCUT2D eigenvalue weighted by atomic mass is 32.2. The van der Waals surface area contributed by atoms with Gasteiger partial charge in [-0.25, -0.2) is 4.57 Å². The molecule has 0 aliphatic heterocycles. The summed E-state index contributed by atoms with van der Waals surface area (Å²) in [5.74, 6) is 2.03. The zero-order chi connectivity index (χ0) is 9.61. The Morgan fingerprint density at radius 2 is 2.33 bits per heavy atom. The van der Waals surface area contributed by atoms with Gasteiger partial charge in [-0.1, -0.05) is 10.1 Å². The van der Waals surface area contributed by atoms with E-state index in [2.05, 4.69) is 12.5 Å². The third kappa shape index (κ3) is 6.43. The van der Waals surface area contributed by atoms with Crippen LogP contribution in [0.3, 0.4) is 0 Å². The number of halogens is 2. The summed E-state index contributed by atoms with van der Waals surface area (Å²) in [6, 6.07) is 0. The molecule has 1 atom stereocenters. The zero-order valence-electron chi connectivity index (χ0n) is 6.07. The average molecular weight is 217 g/mol. The van der Waals surface area contributed by atoms with Gasteiger partial charge in [0.1, 0.15) is 6.61 Å². The maximum absolute atomic E-state index is 11.8. The Kier molecular flexibility index (Phi) is 5.25. The van der Waals surface area contributed by atoms with Crippen molar-refractivity contribution >= 4 is 19.2 Å². The predicted octanol–water partition coefficient (Wildman–Crippen LogP) is 1.96. The lowest BCUT2D eigenvalue weighted by atomic mass is 10.8. The average Bonchev–Trinajstić information content (AvgIpc) is 1.95. The number of terminal acetylenes is 1. The largest absolute Gasteiger partial charge is 0.539 e. The number of hydrogen-bond donors (Lipinski definition) is 0. The number of rotatable bonds is 4. The second kappa shape index (κ2) is 5.38. The first kappa shape index (κ1) is 11.7. The van der Waals surface area contributed by atoms with Crippen LogP contribution in [-0.2, 0) is 24.2 Å². The van der Waals surface area contributed by atoms with Crippen molar-refractivity contribution < 1.29 is 21.3 Å². The van der Waals surface area contributed by atoms with Crippen LogP contribution in [0.1, 0.15) is 0 Å². The van der Waals surface area contributed by atoms with E-state index < -0.39 is 19.2 Å². The molecule has 0 bridgehead atoms. The van der Waals surface area contributed by atoms with Gasteiger partial charge in [-0.2, -0.15) is 0 Å². The molecule has 0 rings (SSSR count). The third-order valence-corrected chi connectivity index (χ3v) is 2.45. The lowest BCUT2D eigenvalue weighted by molar-refractivity contribution is 0.343. The number of nitrogens with zero attached hydrogens (tertiary/aromatic N) is 1. The summed E-state index contributed by atoms with van der Waals surface area (Å²) >= 11 is -1.83. The molecule has 0 heterocycles. The molecule has 0 saturated heterocycles. The fourth-order valence-electron chi connectivity index (χ4n) is 0.267. The molecule has 0 spiro atoms. The van der Waals surface area contributed by atoms with Gasteiger partial charge in [-0.15, -0.1) is 14.8 Å². The first-order chi connectivity index (χ1) is 5.49. The molecule has 0 saturated carbocycles. The molecular weight excluding hydrogens is 211 g/mol. The van der Waals surface area contributed by atoms with Crippen LogP contribution in [0.15, 0.2) is 4.13 Å². The molecule has 0 amide bonds. The zero-order valence-corrected chi connectivity index (χ0v) is 7.78. The van der Waals surface area contributed by atoms with Gasteiger partial charge in [0.25, 0.3) is 0 Å². The lowest BCUT2D eigenvalue weighted by Gasteiger charge is -2.00. The van der Waals surface area contributed by atoms with Crippen LogP contribution < -0.4 is 0 Å². The quantitative estimate of drug-likeness (QED) is 0.534. The summed E-state index contributed by atoms with van der Waals surface area (Å²) in [5, 5.41) is 0. The summed E-state index contributed by atoms with van der Waals surface area (Å²) in [6.45, 7) is -0.222. The molecule has 70 valence electrons. The normalized spacial score (nSPS) is 14.2. The number of hydrogen-bond acceptors (Lipinski definition) is 3. The van der Waals surface area contributed by atoms with Crippen LogP contribution in [0, 0.1) is 12.3 Å². The Labute approximate surface area is 71.4 Å². The Hall–Kier alpha value is -0.280. The van der Waals surface area contributed by atoms with Crippen molar-refractivity contribution in [1.82, 2.24) is 0 Å². The maximum atomic E-state index is 11.8. The van der Waals surface area contributed by atoms with Crippen molar-refractivity contribution in [2.45, 2.75) is 0 Å². The SMILES string of the molecule is C#CCOS(=NP(=O)(F)F)OC. The van der Waals surface area contributed by atoms with Crippen LogP contribution >= 0.6 is 7.91 Å². The van der Waals surface area contributed by atoms with Crippen LogP contribution in [0.2, 0.25) is 0 Å². The van der Waals surface area contributed by atoms with Gasteiger partial charge < -0.3 is 0 Å². The van der Waals surface area contributed by atoms with Crippen molar-refractivity contribution in [3.63, 3.8) is 0 Å². The van der Waals surface area contributed by atoms with Gasteiger partial charge in [0.15, 0.2) is 11.3 Å². The van der Waals surface area contributed by atoms with E-state index in [0.29, 0.717) is 0 Å². The summed E-state index contributed by atoms with van der Waals surface area (Å²) in [4.78, 5) is 0. The Morgan fingerprint density at radius 3 is 2.67 bits per heavy atom. The van der Waals surface area contributed by atoms with E-state index in [-0.39, 0.29) is 6.61 Å². The van der Waals surface area contributed by atoms with E-state index in [4.69, 9.17) is 6.42 Å². The Bertz CT molecular complexity index is 258. The minimum absolute atomic E-state index is 0.222. The summed E-state index contributed by atoms with van der Waals surface area (Å²) in [6.07, 6.45) is 4.77. The molecule has 4 nitrogen and oxygen atoms in total. The van der Waals surface area contributed by atoms with E-state index in [0.717, 1.165) is 7.11 Å². The maximum Gasteiger partial charge on any atom is 0.539 e. The highest BCUT2D eigenvalue weighted by molar-refractivity contribution is 7.82. The minimum atomic E-state index is -5.46. The van der Waals surface area contributed by atoms with Crippen LogP contribution in [0.5, 0.6) is 0 Å². The summed E-state index contributed by atoms with van der Waals surface area (Å²) in [7, 11) is -4.36. The summed E-state index contributed by atoms with van der Waals surface area (Å²) < 4.78 is 44.6. The molecule has 12 heavy (non-hydrogen) atoms. The second-order valence-corrected chi connectivity index (χ2v) is 3.89. The molecule has 0 aromatic heterocycles. The molecule has 1 unspecified atom stereocenters. The van der Waals surface area contributed by atoms with Crippen LogP contribution in [0.25, 0.3) is 0 Å². The van der Waals surface area contributed by atoms with Gasteiger partial charge in [0.05, 0.1) is 7.11 Å². The first-order valence-corrected chi connectivity index (χ1v) is 5.05. The standard InChI is InChI=1S/C4H6F2NO3PS/c1-3-4-10-12(9-2)7-11(5,6)8/h1H,4H2,2H3. The minimum Gasteiger partial charge on any atom is -0.288 e. The molecule has 0 radical (unpaired) electrons. The smallest absolute Gasteiger partial charge is 0.288 e. The highest BCUT2D eigenvalue weighted by Gasteiger charge is 2.19. The molecule has 0 aromatic rings. The molecule has 0 aliphatic rings. The second-order valence-electron chi connectivity index (χ2n) is 1.37. The fraction of sp³-hybridized carbons (Fsp3) is 0.500. The van der Waals surface area contributed by atoms with E-state index in [9.17, 15) is 13.0 Å². The monoisotopic (exact) mass is 217 g/mol. The van der Waals surface area contributed by atoms with Crippen LogP contribution in [0.4, 0.5) is 8.39 Å². The Balaban J connectivity index is 4.26. The molecule has 8 heteroatoms. The van der Waals surface area contributed by atoms with Gasteiger partial charge in [-0.05, 0) is 0 Å². The van der Waals surface area contributed by atoms with Crippen molar-refractivity contribution in [2.75, 3.05) is 13.7 Å². The van der Waals surface area contributed by atoms with E-state index >= 15 is 0 Å². The topological polar surface area (TPSA) is 47.9 Å². The van der Waals surface area contributed by atoms with Crippen molar-refractivity contribution in [3.8, 4) is 12.3 Å². The first-order valence-electron chi connectivity index (χ1n) is 2.58. The predicted molar refractivity (Wildman–Crippen MR) is 41.4 cm³/mol. The van der Waals surface area contributed by atoms with Crippen molar-refractivity contribution in [1.29, 1.82) is 0 Å². The molecule has 0 N–H and O–H groups in total. The third-order valence-electron chi connectivity index (χ3n) is 0.547. The van der Waals surface area contributed by atoms with E-state index in [1.54, 1.807) is 0 Å². The Morgan fingerprint density at radius 1 is 1.75 bits per heavy atom. The highest BCUT2D eigenvalue weighted by Crippen LogP contribution is 2.51. The molecule has 0 aliphatic carbocycles. The van der Waals surface area contributed by atoms with Crippen LogP contribution in [-0.4, -0.2) is 13.7 Å². The van der Waals surface area contributed by atoms with Gasteiger partial charge >= 0.3 is 7.91 Å². The fourth-order valence-corrected chi connectivity index (χ4v) is 1.61. The summed E-state index contributed by atoms with van der Waals surface area (Å²) in [5.41, 5.74) is 0.